The average molecular weight is 239 g/mol. The van der Waals surface area contributed by atoms with Crippen LogP contribution in [0.5, 0.6) is 0 Å². The Kier molecular flexibility index (Phi) is 7.35. The Morgan fingerprint density at radius 3 is 2.07 bits per heavy atom. The first-order valence-electron chi connectivity index (χ1n) is 4.38. The van der Waals surface area contributed by atoms with E-state index in [0.717, 1.165) is 0 Å². The van der Waals surface area contributed by atoms with Gasteiger partial charge in [0.2, 0.25) is 0 Å². The molecule has 0 aliphatic rings. The van der Waals surface area contributed by atoms with Crippen LogP contribution in [0.25, 0.3) is 0 Å². The van der Waals surface area contributed by atoms with Crippen molar-refractivity contribution in [2.45, 2.75) is 19.4 Å². The van der Waals surface area contributed by atoms with E-state index in [1.165, 1.54) is 6.92 Å². The monoisotopic (exact) mass is 238 g/mol. The summed E-state index contributed by atoms with van der Waals surface area (Å²) in [5, 5.41) is 10.4. The van der Waals surface area contributed by atoms with Crippen LogP contribution in [0.3, 0.4) is 0 Å². The second kappa shape index (κ2) is 6.63. The van der Waals surface area contributed by atoms with Gasteiger partial charge >= 0.3 is 5.97 Å². The summed E-state index contributed by atoms with van der Waals surface area (Å²) in [7, 11) is 5.68. The molecule has 0 aliphatic carbocycles. The number of likely N-dealkylation sites (N-methyl/N-ethyl adjacent to an activating group) is 1. The summed E-state index contributed by atoms with van der Waals surface area (Å²) in [4.78, 5) is 21.0. The first-order valence-corrected chi connectivity index (χ1v) is 4.38. The smallest absolute Gasteiger partial charge is 0.303 e. The number of ether oxygens (including phenoxy) is 1. The highest BCUT2D eigenvalue weighted by atomic mass is 35.5. The van der Waals surface area contributed by atoms with Gasteiger partial charge in [-0.05, 0) is 0 Å². The predicted molar refractivity (Wildman–Crippen MR) is 48.1 cm³/mol. The number of carboxylic acids is 1. The Bertz CT molecular complexity index is 209. The Labute approximate surface area is 96.0 Å². The summed E-state index contributed by atoms with van der Waals surface area (Å²) in [5.41, 5.74) is 0. The van der Waals surface area contributed by atoms with Gasteiger partial charge in [0.15, 0.2) is 6.10 Å². The summed E-state index contributed by atoms with van der Waals surface area (Å²) in [6, 6.07) is 0. The molecule has 0 heterocycles. The number of halogens is 1. The minimum atomic E-state index is -1.20. The minimum Gasteiger partial charge on any atom is -1.00 e. The molecular formula is C9H17ClNO4-. The maximum absolute atomic E-state index is 10.7. The topological polar surface area (TPSA) is 66.4 Å². The second-order valence-corrected chi connectivity index (χ2v) is 4.28. The zero-order valence-corrected chi connectivity index (χ0v) is 10.2. The molecule has 0 unspecified atom stereocenters. The van der Waals surface area contributed by atoms with Crippen LogP contribution in [0.1, 0.15) is 13.3 Å². The molecule has 0 radical (unpaired) electrons. The van der Waals surface area contributed by atoms with Crippen LogP contribution >= 0.6 is 0 Å². The number of esters is 1. The van der Waals surface area contributed by atoms with E-state index >= 15 is 0 Å². The fraction of sp³-hybridized carbons (Fsp3) is 0.778. The molecule has 0 fully saturated rings. The average Bonchev–Trinajstić information content (AvgIpc) is 1.77. The van der Waals surface area contributed by atoms with Crippen LogP contribution in [0.4, 0.5) is 0 Å². The molecule has 0 aliphatic heterocycles. The lowest BCUT2D eigenvalue weighted by Crippen LogP contribution is -3.00. The van der Waals surface area contributed by atoms with Crippen molar-refractivity contribution in [3.05, 3.63) is 0 Å². The van der Waals surface area contributed by atoms with Gasteiger partial charge in [0.1, 0.15) is 6.54 Å². The molecule has 0 aromatic heterocycles. The molecule has 0 aromatic carbocycles. The first-order chi connectivity index (χ1) is 6.20. The van der Waals surface area contributed by atoms with E-state index in [1.807, 2.05) is 21.1 Å². The highest BCUT2D eigenvalue weighted by molar-refractivity contribution is 5.68. The van der Waals surface area contributed by atoms with Gasteiger partial charge in [-0.15, -0.1) is 0 Å². The molecular weight excluding hydrogens is 222 g/mol. The van der Waals surface area contributed by atoms with Gasteiger partial charge in [-0.2, -0.15) is 0 Å². The Balaban J connectivity index is 0. The van der Waals surface area contributed by atoms with Gasteiger partial charge in [-0.3, -0.25) is 4.79 Å². The van der Waals surface area contributed by atoms with Crippen molar-refractivity contribution >= 4 is 11.9 Å². The maximum atomic E-state index is 10.7. The number of carbonyl (C=O) groups excluding carboxylic acids is 2. The first kappa shape index (κ1) is 16.6. The van der Waals surface area contributed by atoms with Crippen LogP contribution in [0, 0.1) is 0 Å². The molecule has 0 saturated heterocycles. The number of rotatable bonds is 5. The van der Waals surface area contributed by atoms with Crippen molar-refractivity contribution in [2.75, 3.05) is 27.7 Å². The summed E-state index contributed by atoms with van der Waals surface area (Å²) in [6.45, 7) is 1.71. The lowest BCUT2D eigenvalue weighted by atomic mass is 10.2. The lowest BCUT2D eigenvalue weighted by molar-refractivity contribution is -0.873. The van der Waals surface area contributed by atoms with Gasteiger partial charge in [0.05, 0.1) is 21.1 Å². The number of carbonyl (C=O) groups is 2. The van der Waals surface area contributed by atoms with Gasteiger partial charge in [0, 0.05) is 19.3 Å². The molecule has 0 spiro atoms. The summed E-state index contributed by atoms with van der Waals surface area (Å²) in [6.07, 6.45) is -0.868. The summed E-state index contributed by atoms with van der Waals surface area (Å²) in [5.74, 6) is -1.67. The van der Waals surface area contributed by atoms with Crippen molar-refractivity contribution in [1.82, 2.24) is 0 Å². The maximum Gasteiger partial charge on any atom is 0.303 e. The highest BCUT2D eigenvalue weighted by Gasteiger charge is 2.20. The zero-order valence-electron chi connectivity index (χ0n) is 9.45. The molecule has 6 heteroatoms. The molecule has 0 bridgehead atoms. The third-order valence-corrected chi connectivity index (χ3v) is 1.48. The minimum absolute atomic E-state index is 0. The summed E-state index contributed by atoms with van der Waals surface area (Å²) >= 11 is 0. The fourth-order valence-corrected chi connectivity index (χ4v) is 1.17. The predicted octanol–water partition coefficient (Wildman–Crippen LogP) is -4.23. The third-order valence-electron chi connectivity index (χ3n) is 1.48. The number of hydrogen-bond donors (Lipinski definition) is 0. The SMILES string of the molecule is CC(=O)O[C@H](CC(=O)[O-])C[N+](C)(C)C.[Cl-]. The molecule has 0 saturated carbocycles. The Morgan fingerprint density at radius 2 is 1.80 bits per heavy atom. The van der Waals surface area contributed by atoms with Gasteiger partial charge in [-0.25, -0.2) is 0 Å². The van der Waals surface area contributed by atoms with E-state index in [2.05, 4.69) is 0 Å². The van der Waals surface area contributed by atoms with E-state index in [4.69, 9.17) is 4.74 Å². The van der Waals surface area contributed by atoms with Gasteiger partial charge in [-0.1, -0.05) is 0 Å². The molecule has 5 nitrogen and oxygen atoms in total. The highest BCUT2D eigenvalue weighted by Crippen LogP contribution is 2.04. The lowest BCUT2D eigenvalue weighted by Gasteiger charge is -2.28. The zero-order chi connectivity index (χ0) is 11.4. The summed E-state index contributed by atoms with van der Waals surface area (Å²) < 4.78 is 5.39. The second-order valence-electron chi connectivity index (χ2n) is 4.28. The number of quaternary nitrogens is 1. The van der Waals surface area contributed by atoms with Crippen molar-refractivity contribution in [2.24, 2.45) is 0 Å². The molecule has 0 N–H and O–H groups in total. The van der Waals surface area contributed by atoms with Crippen molar-refractivity contribution < 1.29 is 36.3 Å². The van der Waals surface area contributed by atoms with E-state index < -0.39 is 18.0 Å². The number of nitrogens with zero attached hydrogens (tertiary/aromatic N) is 1. The van der Waals surface area contributed by atoms with Crippen molar-refractivity contribution in [3.63, 3.8) is 0 Å². The van der Waals surface area contributed by atoms with Crippen LogP contribution in [-0.2, 0) is 14.3 Å². The molecule has 15 heavy (non-hydrogen) atoms. The van der Waals surface area contributed by atoms with Gasteiger partial charge in [0.25, 0.3) is 0 Å². The van der Waals surface area contributed by atoms with E-state index in [1.54, 1.807) is 0 Å². The van der Waals surface area contributed by atoms with E-state index in [0.29, 0.717) is 11.0 Å². The molecule has 90 valence electrons. The quantitative estimate of drug-likeness (QED) is 0.360. The van der Waals surface area contributed by atoms with Crippen LogP contribution in [0.2, 0.25) is 0 Å². The largest absolute Gasteiger partial charge is 1.00 e. The van der Waals surface area contributed by atoms with E-state index in [9.17, 15) is 14.7 Å². The van der Waals surface area contributed by atoms with Crippen molar-refractivity contribution in [1.29, 1.82) is 0 Å². The van der Waals surface area contributed by atoms with Crippen LogP contribution in [-0.4, -0.2) is 50.2 Å². The third kappa shape index (κ3) is 11.1. The Hall–Kier alpha value is -0.810. The molecule has 1 atom stereocenters. The van der Waals surface area contributed by atoms with E-state index in [-0.39, 0.29) is 18.8 Å². The molecule has 0 rings (SSSR count). The number of carboxylic acid groups (broad SMARTS) is 1. The molecule has 0 amide bonds. The Morgan fingerprint density at radius 1 is 1.33 bits per heavy atom. The standard InChI is InChI=1S/C9H17NO4.ClH/c1-7(11)14-8(5-9(12)13)6-10(2,3)4;/h8H,5-6H2,1-4H3;1H/p-1/t8-;/m1./s1. The van der Waals surface area contributed by atoms with Crippen molar-refractivity contribution in [3.8, 4) is 0 Å². The normalized spacial score (nSPS) is 12.5. The number of aliphatic carboxylic acids is 1. The van der Waals surface area contributed by atoms with Gasteiger partial charge < -0.3 is 31.5 Å². The van der Waals surface area contributed by atoms with Crippen LogP contribution in [0.15, 0.2) is 0 Å². The van der Waals surface area contributed by atoms with Crippen LogP contribution < -0.4 is 17.5 Å². The number of hydrogen-bond acceptors (Lipinski definition) is 4. The molecule has 0 aromatic rings. The fourth-order valence-electron chi connectivity index (χ4n) is 1.17.